The topological polar surface area (TPSA) is 111 Å². The van der Waals surface area contributed by atoms with E-state index in [0.717, 1.165) is 53.9 Å². The summed E-state index contributed by atoms with van der Waals surface area (Å²) < 4.78 is 62.6. The molecule has 1 aromatic heterocycles. The average molecular weight is 643 g/mol. The van der Waals surface area contributed by atoms with Gasteiger partial charge in [0.1, 0.15) is 12.1 Å². The Hall–Kier alpha value is -4.92. The number of rotatable bonds is 9. The fourth-order valence-electron chi connectivity index (χ4n) is 4.42. The van der Waals surface area contributed by atoms with Crippen LogP contribution < -0.4 is 19.7 Å². The molecule has 0 atom stereocenters. The fourth-order valence-corrected chi connectivity index (χ4v) is 5.28. The number of hydrogen-bond acceptors (Lipinski definition) is 7. The first-order valence-electron chi connectivity index (χ1n) is 13.6. The van der Waals surface area contributed by atoms with Crippen LogP contribution in [-0.2, 0) is 11.2 Å². The van der Waals surface area contributed by atoms with Crippen LogP contribution in [0.15, 0.2) is 72.0 Å². The number of ether oxygens (including phenoxy) is 2. The van der Waals surface area contributed by atoms with Crippen molar-refractivity contribution >= 4 is 34.6 Å². The van der Waals surface area contributed by atoms with E-state index >= 15 is 0 Å². The average Bonchev–Trinajstić information content (AvgIpc) is 3.62. The number of aromatic nitrogens is 3. The predicted molar refractivity (Wildman–Crippen MR) is 160 cm³/mol. The molecule has 45 heavy (non-hydrogen) atoms. The normalized spacial score (nSPS) is 14.2. The first-order valence-corrected chi connectivity index (χ1v) is 14.6. The van der Waals surface area contributed by atoms with Crippen molar-refractivity contribution in [2.45, 2.75) is 33.1 Å². The summed E-state index contributed by atoms with van der Waals surface area (Å²) in [5.41, 5.74) is 3.37. The van der Waals surface area contributed by atoms with Gasteiger partial charge in [-0.15, -0.1) is 18.3 Å². The van der Waals surface area contributed by atoms with Gasteiger partial charge in [0, 0.05) is 5.56 Å². The van der Waals surface area contributed by atoms with Crippen molar-refractivity contribution in [1.82, 2.24) is 20.1 Å². The predicted octanol–water partition coefficient (Wildman–Crippen LogP) is 6.41. The summed E-state index contributed by atoms with van der Waals surface area (Å²) in [6.45, 7) is 3.57. The number of benzene rings is 3. The molecule has 1 aliphatic rings. The van der Waals surface area contributed by atoms with Gasteiger partial charge in [-0.2, -0.15) is 4.99 Å². The number of carbonyl (C=O) groups is 2. The fraction of sp³-hybridized carbons (Fsp3) is 0.233. The Kier molecular flexibility index (Phi) is 9.37. The molecular formula is C30H26F4N6O4S. The Bertz CT molecular complexity index is 1740. The summed E-state index contributed by atoms with van der Waals surface area (Å²) in [6, 6.07) is 14.1. The number of urea groups is 1. The molecule has 1 fully saturated rings. The zero-order valence-corrected chi connectivity index (χ0v) is 24.8. The summed E-state index contributed by atoms with van der Waals surface area (Å²) in [6.07, 6.45) is -1.83. The zero-order valence-electron chi connectivity index (χ0n) is 24.0. The summed E-state index contributed by atoms with van der Waals surface area (Å²) in [4.78, 5) is 34.9. The van der Waals surface area contributed by atoms with Gasteiger partial charge in [-0.3, -0.25) is 9.69 Å². The summed E-state index contributed by atoms with van der Waals surface area (Å²) in [7, 11) is 0. The zero-order chi connectivity index (χ0) is 32.1. The van der Waals surface area contributed by atoms with Gasteiger partial charge < -0.3 is 14.8 Å². The van der Waals surface area contributed by atoms with Gasteiger partial charge >= 0.3 is 12.4 Å². The van der Waals surface area contributed by atoms with Gasteiger partial charge in [-0.05, 0) is 73.0 Å². The Balaban J connectivity index is 1.20. The standard InChI is InChI=1S/C30H26F4N6O4S/c1-3-4-19-6-5-18(2)13-24(19)40-26(41)15-45-29(40)37-28(42)36-17-43-25-12-7-20(14-23(25)31)27-35-16-39(38-27)21-8-10-22(11-9-21)44-30(32,33)34/h5-14,16H,3-4,15,17H2,1-2H3,(H,36,42)/b37-29-. The van der Waals surface area contributed by atoms with E-state index in [9.17, 15) is 27.2 Å². The number of anilines is 1. The summed E-state index contributed by atoms with van der Waals surface area (Å²) >= 11 is 1.15. The van der Waals surface area contributed by atoms with Gasteiger partial charge in [0.25, 0.3) is 0 Å². The number of aryl methyl sites for hydroxylation is 2. The summed E-state index contributed by atoms with van der Waals surface area (Å²) in [5, 5.41) is 6.93. The largest absolute Gasteiger partial charge is 0.573 e. The van der Waals surface area contributed by atoms with Crippen molar-refractivity contribution in [3.05, 3.63) is 83.9 Å². The Morgan fingerprint density at radius 3 is 2.60 bits per heavy atom. The van der Waals surface area contributed by atoms with E-state index in [2.05, 4.69) is 25.1 Å². The number of carbonyl (C=O) groups excluding carboxylic acids is 2. The molecule has 2 heterocycles. The number of nitrogens with zero attached hydrogens (tertiary/aromatic N) is 5. The van der Waals surface area contributed by atoms with Crippen molar-refractivity contribution in [3.63, 3.8) is 0 Å². The van der Waals surface area contributed by atoms with E-state index < -0.39 is 24.9 Å². The minimum absolute atomic E-state index is 0.149. The third-order valence-electron chi connectivity index (χ3n) is 6.43. The van der Waals surface area contributed by atoms with Crippen LogP contribution in [0.1, 0.15) is 24.5 Å². The maximum Gasteiger partial charge on any atom is 0.573 e. The molecule has 0 spiro atoms. The van der Waals surface area contributed by atoms with Crippen LogP contribution in [0.2, 0.25) is 0 Å². The third-order valence-corrected chi connectivity index (χ3v) is 7.35. The first-order chi connectivity index (χ1) is 21.5. The van der Waals surface area contributed by atoms with Crippen LogP contribution >= 0.6 is 11.8 Å². The van der Waals surface area contributed by atoms with Crippen molar-refractivity contribution in [2.24, 2.45) is 4.99 Å². The maximum atomic E-state index is 14.8. The Labute approximate surface area is 259 Å². The van der Waals surface area contributed by atoms with Crippen LogP contribution in [-0.4, -0.2) is 50.7 Å². The lowest BCUT2D eigenvalue weighted by molar-refractivity contribution is -0.274. The lowest BCUT2D eigenvalue weighted by atomic mass is 10.0. The second kappa shape index (κ2) is 13.4. The van der Waals surface area contributed by atoms with Crippen LogP contribution in [0.4, 0.5) is 28.0 Å². The van der Waals surface area contributed by atoms with Crippen molar-refractivity contribution in [3.8, 4) is 28.6 Å². The molecule has 5 rings (SSSR count). The molecule has 234 valence electrons. The number of amidine groups is 1. The maximum absolute atomic E-state index is 14.8. The van der Waals surface area contributed by atoms with Crippen LogP contribution in [0.25, 0.3) is 17.1 Å². The number of amides is 3. The smallest absolute Gasteiger partial charge is 0.470 e. The van der Waals surface area contributed by atoms with E-state index in [1.54, 1.807) is 0 Å². The quantitative estimate of drug-likeness (QED) is 0.166. The second-order valence-corrected chi connectivity index (χ2v) is 10.7. The van der Waals surface area contributed by atoms with Crippen LogP contribution in [0.5, 0.6) is 11.5 Å². The van der Waals surface area contributed by atoms with Crippen LogP contribution in [0.3, 0.4) is 0 Å². The highest BCUT2D eigenvalue weighted by molar-refractivity contribution is 8.15. The molecule has 0 aliphatic carbocycles. The first kappa shape index (κ1) is 31.5. The molecule has 3 amide bonds. The van der Waals surface area contributed by atoms with E-state index in [0.29, 0.717) is 16.9 Å². The number of nitrogens with one attached hydrogen (secondary N) is 1. The van der Waals surface area contributed by atoms with E-state index in [1.165, 1.54) is 40.2 Å². The minimum Gasteiger partial charge on any atom is -0.470 e. The van der Waals surface area contributed by atoms with Gasteiger partial charge in [0.2, 0.25) is 5.91 Å². The van der Waals surface area contributed by atoms with Crippen LogP contribution in [0, 0.1) is 12.7 Å². The number of aliphatic imine (C=N–C) groups is 1. The minimum atomic E-state index is -4.81. The third kappa shape index (κ3) is 7.78. The molecule has 1 N–H and O–H groups in total. The highest BCUT2D eigenvalue weighted by atomic mass is 32.2. The van der Waals surface area contributed by atoms with Gasteiger partial charge in [0.05, 0.1) is 17.1 Å². The Morgan fingerprint density at radius 1 is 1.11 bits per heavy atom. The summed E-state index contributed by atoms with van der Waals surface area (Å²) in [5.74, 6) is -1.16. The van der Waals surface area contributed by atoms with E-state index in [1.807, 2.05) is 32.0 Å². The second-order valence-electron chi connectivity index (χ2n) is 9.76. The molecular weight excluding hydrogens is 616 g/mol. The van der Waals surface area contributed by atoms with E-state index in [-0.39, 0.29) is 34.2 Å². The Morgan fingerprint density at radius 2 is 1.89 bits per heavy atom. The lowest BCUT2D eigenvalue weighted by Gasteiger charge is -2.20. The monoisotopic (exact) mass is 642 g/mol. The van der Waals surface area contributed by atoms with Gasteiger partial charge in [-0.1, -0.05) is 37.2 Å². The highest BCUT2D eigenvalue weighted by Gasteiger charge is 2.32. The molecule has 0 saturated carbocycles. The number of alkyl halides is 3. The molecule has 1 aliphatic heterocycles. The molecule has 10 nitrogen and oxygen atoms in total. The number of hydrogen-bond donors (Lipinski definition) is 1. The molecule has 0 unspecified atom stereocenters. The molecule has 3 aromatic carbocycles. The van der Waals surface area contributed by atoms with Crippen molar-refractivity contribution in [2.75, 3.05) is 17.4 Å². The van der Waals surface area contributed by atoms with Gasteiger partial charge in [0.15, 0.2) is 29.3 Å². The molecule has 0 bridgehead atoms. The molecule has 0 radical (unpaired) electrons. The molecule has 4 aromatic rings. The lowest BCUT2D eigenvalue weighted by Crippen LogP contribution is -2.33. The highest BCUT2D eigenvalue weighted by Crippen LogP contribution is 2.31. The van der Waals surface area contributed by atoms with Crippen molar-refractivity contribution < 1.29 is 36.6 Å². The van der Waals surface area contributed by atoms with Gasteiger partial charge in [-0.25, -0.2) is 18.9 Å². The SMILES string of the molecule is CCCc1ccc(C)cc1N1C(=O)CS/C1=N\C(=O)NCOc1ccc(-c2ncn(-c3ccc(OC(F)(F)F)cc3)n2)cc1F. The number of halogens is 4. The molecule has 1 saturated heterocycles. The molecule has 15 heteroatoms. The van der Waals surface area contributed by atoms with Crippen molar-refractivity contribution in [1.29, 1.82) is 0 Å². The number of thioether (sulfide) groups is 1. The van der Waals surface area contributed by atoms with E-state index in [4.69, 9.17) is 4.74 Å².